The maximum Gasteiger partial charge on any atom is 0.320 e. The van der Waals surface area contributed by atoms with Crippen molar-refractivity contribution in [1.29, 1.82) is 5.26 Å². The van der Waals surface area contributed by atoms with Crippen LogP contribution in [-0.4, -0.2) is 17.1 Å². The third kappa shape index (κ3) is 7.25. The lowest BCUT2D eigenvalue weighted by Crippen LogP contribution is -2.35. The highest BCUT2D eigenvalue weighted by Crippen LogP contribution is 2.29. The van der Waals surface area contributed by atoms with Crippen LogP contribution in [0.1, 0.15) is 41.2 Å². The Morgan fingerprint density at radius 1 is 0.923 bits per heavy atom. The van der Waals surface area contributed by atoms with Crippen molar-refractivity contribution >= 4 is 5.97 Å². The summed E-state index contributed by atoms with van der Waals surface area (Å²) in [5.41, 5.74) is 6.84. The lowest BCUT2D eigenvalue weighted by molar-refractivity contribution is -0.139. The van der Waals surface area contributed by atoms with Crippen molar-refractivity contribution in [3.05, 3.63) is 119 Å². The molecular weight excluding hydrogens is 488 g/mol. The van der Waals surface area contributed by atoms with E-state index in [1.54, 1.807) is 12.1 Å². The standard InChI is InChI=1S/C33H32N2O4/c1-3-31(33(36)37)35-20-27-15-16-29(18-32(27)39-21-25-10-7-9-24(17-25)19-34)38-22-28-13-8-14-30(23(28)2)26-11-5-4-6-12-26/h4-18,31,35H,3,20-22H2,1-2H3,(H,36,37). The van der Waals surface area contributed by atoms with Crippen LogP contribution >= 0.6 is 0 Å². The average molecular weight is 521 g/mol. The Balaban J connectivity index is 1.53. The van der Waals surface area contributed by atoms with Crippen LogP contribution < -0.4 is 14.8 Å². The zero-order chi connectivity index (χ0) is 27.6. The molecule has 0 spiro atoms. The summed E-state index contributed by atoms with van der Waals surface area (Å²) in [6.07, 6.45) is 0.467. The van der Waals surface area contributed by atoms with Gasteiger partial charge in [-0.25, -0.2) is 0 Å². The van der Waals surface area contributed by atoms with E-state index in [9.17, 15) is 15.2 Å². The number of rotatable bonds is 12. The number of carbonyl (C=O) groups is 1. The molecule has 0 bridgehead atoms. The van der Waals surface area contributed by atoms with E-state index in [2.05, 4.69) is 42.6 Å². The molecule has 0 aliphatic rings. The van der Waals surface area contributed by atoms with Crippen molar-refractivity contribution in [2.24, 2.45) is 0 Å². The van der Waals surface area contributed by atoms with Gasteiger partial charge in [-0.3, -0.25) is 4.79 Å². The summed E-state index contributed by atoms with van der Waals surface area (Å²) in [6.45, 7) is 4.92. The summed E-state index contributed by atoms with van der Waals surface area (Å²) in [5, 5.41) is 21.7. The van der Waals surface area contributed by atoms with Gasteiger partial charge in [-0.1, -0.05) is 73.7 Å². The molecule has 6 nitrogen and oxygen atoms in total. The number of aliphatic carboxylic acids is 1. The topological polar surface area (TPSA) is 91.6 Å². The highest BCUT2D eigenvalue weighted by atomic mass is 16.5. The third-order valence-electron chi connectivity index (χ3n) is 6.66. The quantitative estimate of drug-likeness (QED) is 0.217. The van der Waals surface area contributed by atoms with Gasteiger partial charge in [0.1, 0.15) is 30.8 Å². The maximum absolute atomic E-state index is 11.5. The van der Waals surface area contributed by atoms with E-state index in [-0.39, 0.29) is 6.61 Å². The molecule has 39 heavy (non-hydrogen) atoms. The summed E-state index contributed by atoms with van der Waals surface area (Å²) in [6, 6.07) is 30.9. The number of benzene rings is 4. The molecule has 2 N–H and O–H groups in total. The minimum absolute atomic E-state index is 0.264. The van der Waals surface area contributed by atoms with Crippen molar-refractivity contribution in [3.63, 3.8) is 0 Å². The second kappa shape index (κ2) is 13.3. The molecule has 0 aliphatic heterocycles. The zero-order valence-electron chi connectivity index (χ0n) is 22.2. The Morgan fingerprint density at radius 3 is 2.46 bits per heavy atom. The molecule has 0 amide bonds. The van der Waals surface area contributed by atoms with Gasteiger partial charge in [-0.05, 0) is 59.4 Å². The number of ether oxygens (including phenoxy) is 2. The second-order valence-corrected chi connectivity index (χ2v) is 9.29. The van der Waals surface area contributed by atoms with Crippen LogP contribution in [0.15, 0.2) is 91.0 Å². The van der Waals surface area contributed by atoms with Gasteiger partial charge in [0.2, 0.25) is 0 Å². The molecule has 198 valence electrons. The Labute approximate surface area is 229 Å². The smallest absolute Gasteiger partial charge is 0.320 e. The minimum Gasteiger partial charge on any atom is -0.489 e. The van der Waals surface area contributed by atoms with Crippen LogP contribution in [-0.2, 0) is 24.6 Å². The first kappa shape index (κ1) is 27.4. The van der Waals surface area contributed by atoms with E-state index < -0.39 is 12.0 Å². The molecule has 0 saturated carbocycles. The molecule has 4 aromatic carbocycles. The molecule has 6 heteroatoms. The molecule has 1 unspecified atom stereocenters. The number of nitrogens with zero attached hydrogens (tertiary/aromatic N) is 1. The van der Waals surface area contributed by atoms with E-state index in [0.717, 1.165) is 27.8 Å². The largest absolute Gasteiger partial charge is 0.489 e. The summed E-state index contributed by atoms with van der Waals surface area (Å²) in [4.78, 5) is 11.5. The predicted molar refractivity (Wildman–Crippen MR) is 151 cm³/mol. The lowest BCUT2D eigenvalue weighted by atomic mass is 9.97. The highest BCUT2D eigenvalue weighted by Gasteiger charge is 2.16. The van der Waals surface area contributed by atoms with Gasteiger partial charge in [0.05, 0.1) is 11.6 Å². The van der Waals surface area contributed by atoms with Crippen LogP contribution in [0.25, 0.3) is 11.1 Å². The Kier molecular flexibility index (Phi) is 9.34. The first-order chi connectivity index (χ1) is 19.0. The molecule has 0 radical (unpaired) electrons. The fraction of sp³-hybridized carbons (Fsp3) is 0.212. The molecule has 4 aromatic rings. The summed E-state index contributed by atoms with van der Waals surface area (Å²) < 4.78 is 12.4. The van der Waals surface area contributed by atoms with Crippen molar-refractivity contribution in [2.75, 3.05) is 0 Å². The molecule has 0 fully saturated rings. The van der Waals surface area contributed by atoms with Crippen molar-refractivity contribution in [3.8, 4) is 28.7 Å². The SMILES string of the molecule is CCC(NCc1ccc(OCc2cccc(-c3ccccc3)c2C)cc1OCc1cccc(C#N)c1)C(=O)O. The van der Waals surface area contributed by atoms with E-state index >= 15 is 0 Å². The summed E-state index contributed by atoms with van der Waals surface area (Å²) in [7, 11) is 0. The Hall–Kier alpha value is -4.60. The average Bonchev–Trinajstić information content (AvgIpc) is 2.97. The first-order valence-electron chi connectivity index (χ1n) is 13.0. The number of carboxylic acid groups (broad SMARTS) is 1. The lowest BCUT2D eigenvalue weighted by Gasteiger charge is -2.17. The number of hydrogen-bond acceptors (Lipinski definition) is 5. The molecule has 1 atom stereocenters. The fourth-order valence-corrected chi connectivity index (χ4v) is 4.37. The molecular formula is C33H32N2O4. The van der Waals surface area contributed by atoms with E-state index in [1.165, 1.54) is 5.56 Å². The van der Waals surface area contributed by atoms with Gasteiger partial charge in [0.15, 0.2) is 0 Å². The monoisotopic (exact) mass is 520 g/mol. The van der Waals surface area contributed by atoms with Crippen molar-refractivity contribution in [2.45, 2.75) is 46.1 Å². The predicted octanol–water partition coefficient (Wildman–Crippen LogP) is 6.64. The van der Waals surface area contributed by atoms with Gasteiger partial charge in [-0.2, -0.15) is 5.26 Å². The van der Waals surface area contributed by atoms with E-state index in [0.29, 0.717) is 36.6 Å². The maximum atomic E-state index is 11.5. The van der Waals surface area contributed by atoms with Crippen LogP contribution in [0.4, 0.5) is 0 Å². The normalized spacial score (nSPS) is 11.4. The van der Waals surface area contributed by atoms with Gasteiger partial charge in [-0.15, -0.1) is 0 Å². The summed E-state index contributed by atoms with van der Waals surface area (Å²) in [5.74, 6) is 0.355. The van der Waals surface area contributed by atoms with Crippen molar-refractivity contribution < 1.29 is 19.4 Å². The van der Waals surface area contributed by atoms with Crippen molar-refractivity contribution in [1.82, 2.24) is 5.32 Å². The van der Waals surface area contributed by atoms with Gasteiger partial charge in [0, 0.05) is 18.2 Å². The van der Waals surface area contributed by atoms with Crippen LogP contribution in [0, 0.1) is 18.3 Å². The minimum atomic E-state index is -0.888. The highest BCUT2D eigenvalue weighted by molar-refractivity contribution is 5.73. The van der Waals surface area contributed by atoms with Crippen LogP contribution in [0.5, 0.6) is 11.5 Å². The van der Waals surface area contributed by atoms with Gasteiger partial charge < -0.3 is 19.9 Å². The number of nitrogens with one attached hydrogen (secondary N) is 1. The Morgan fingerprint density at radius 2 is 1.72 bits per heavy atom. The number of nitriles is 1. The van der Waals surface area contributed by atoms with E-state index in [4.69, 9.17) is 9.47 Å². The van der Waals surface area contributed by atoms with Gasteiger partial charge >= 0.3 is 5.97 Å². The Bertz CT molecular complexity index is 1460. The molecule has 0 heterocycles. The molecule has 0 aliphatic carbocycles. The van der Waals surface area contributed by atoms with Crippen LogP contribution in [0.2, 0.25) is 0 Å². The number of hydrogen-bond donors (Lipinski definition) is 2. The van der Waals surface area contributed by atoms with E-state index in [1.807, 2.05) is 61.5 Å². The molecule has 0 aromatic heterocycles. The summed E-state index contributed by atoms with van der Waals surface area (Å²) >= 11 is 0. The zero-order valence-corrected chi connectivity index (χ0v) is 22.2. The second-order valence-electron chi connectivity index (χ2n) is 9.29. The fourth-order valence-electron chi connectivity index (χ4n) is 4.37. The first-order valence-corrected chi connectivity index (χ1v) is 13.0. The van der Waals surface area contributed by atoms with Gasteiger partial charge in [0.25, 0.3) is 0 Å². The molecule has 4 rings (SSSR count). The molecule has 0 saturated heterocycles. The third-order valence-corrected chi connectivity index (χ3v) is 6.66. The number of carboxylic acids is 1. The van der Waals surface area contributed by atoms with Crippen LogP contribution in [0.3, 0.4) is 0 Å².